The van der Waals surface area contributed by atoms with E-state index in [1.807, 2.05) is 55.5 Å². The first-order valence-electron chi connectivity index (χ1n) is 11.0. The summed E-state index contributed by atoms with van der Waals surface area (Å²) in [6, 6.07) is 15.1. The van der Waals surface area contributed by atoms with Crippen molar-refractivity contribution in [1.29, 1.82) is 0 Å². The standard InChI is InChI=1S/C26H26N4O3S/c1-15(2)18-10-6-8-12-20(18)28-21(31)13-30-14-27-25-22(26(30)33)17(4)23(34-25)24(32)29-19-11-7-5-9-16(19)3/h5-12,14-15H,13H2,1-4H3,(H,28,31)(H,29,32). The number of hydrogen-bond acceptors (Lipinski definition) is 5. The minimum absolute atomic E-state index is 0.172. The largest absolute Gasteiger partial charge is 0.324 e. The summed E-state index contributed by atoms with van der Waals surface area (Å²) >= 11 is 1.17. The fourth-order valence-corrected chi connectivity index (χ4v) is 4.87. The number of hydrogen-bond donors (Lipinski definition) is 2. The summed E-state index contributed by atoms with van der Waals surface area (Å²) < 4.78 is 1.28. The quantitative estimate of drug-likeness (QED) is 0.407. The maximum atomic E-state index is 13.2. The molecule has 2 aromatic heterocycles. The van der Waals surface area contributed by atoms with Crippen LogP contribution < -0.4 is 16.2 Å². The first-order chi connectivity index (χ1) is 16.3. The number of rotatable bonds is 6. The maximum absolute atomic E-state index is 13.2. The molecule has 2 amide bonds. The molecule has 2 aromatic carbocycles. The van der Waals surface area contributed by atoms with E-state index in [2.05, 4.69) is 29.5 Å². The van der Waals surface area contributed by atoms with E-state index in [1.165, 1.54) is 22.2 Å². The maximum Gasteiger partial charge on any atom is 0.266 e. The molecule has 34 heavy (non-hydrogen) atoms. The monoisotopic (exact) mass is 474 g/mol. The molecule has 0 spiro atoms. The molecule has 0 unspecified atom stereocenters. The van der Waals surface area contributed by atoms with Crippen LogP contribution in [0.25, 0.3) is 10.2 Å². The van der Waals surface area contributed by atoms with Gasteiger partial charge in [-0.2, -0.15) is 0 Å². The van der Waals surface area contributed by atoms with Crippen LogP contribution in [0.1, 0.15) is 46.1 Å². The number of aryl methyl sites for hydroxylation is 2. The average Bonchev–Trinajstić information content (AvgIpc) is 3.14. The van der Waals surface area contributed by atoms with E-state index in [-0.39, 0.29) is 29.8 Å². The lowest BCUT2D eigenvalue weighted by atomic mass is 10.0. The van der Waals surface area contributed by atoms with Crippen LogP contribution >= 0.6 is 11.3 Å². The van der Waals surface area contributed by atoms with Gasteiger partial charge in [0, 0.05) is 11.4 Å². The molecule has 0 saturated heterocycles. The molecular weight excluding hydrogens is 448 g/mol. The molecule has 174 valence electrons. The zero-order valence-corrected chi connectivity index (χ0v) is 20.3. The summed E-state index contributed by atoms with van der Waals surface area (Å²) in [6.45, 7) is 7.59. The van der Waals surface area contributed by atoms with Crippen molar-refractivity contribution in [3.05, 3.63) is 86.8 Å². The minimum atomic E-state index is -0.346. The molecule has 0 aliphatic heterocycles. The summed E-state index contributed by atoms with van der Waals surface area (Å²) in [6.07, 6.45) is 1.36. The van der Waals surface area contributed by atoms with Gasteiger partial charge in [0.1, 0.15) is 11.4 Å². The lowest BCUT2D eigenvalue weighted by Crippen LogP contribution is -2.28. The first kappa shape index (κ1) is 23.4. The molecule has 0 fully saturated rings. The Kier molecular flexibility index (Phi) is 6.61. The average molecular weight is 475 g/mol. The van der Waals surface area contributed by atoms with Gasteiger partial charge < -0.3 is 10.6 Å². The Morgan fingerprint density at radius 2 is 1.68 bits per heavy atom. The lowest BCUT2D eigenvalue weighted by Gasteiger charge is -2.14. The Labute approximate surface area is 201 Å². The minimum Gasteiger partial charge on any atom is -0.324 e. The van der Waals surface area contributed by atoms with Crippen LogP contribution in [0.3, 0.4) is 0 Å². The van der Waals surface area contributed by atoms with Gasteiger partial charge in [-0.15, -0.1) is 11.3 Å². The molecule has 0 radical (unpaired) electrons. The summed E-state index contributed by atoms with van der Waals surface area (Å²) in [5.41, 5.74) is 3.62. The number of carbonyl (C=O) groups excluding carboxylic acids is 2. The molecule has 7 nitrogen and oxygen atoms in total. The van der Waals surface area contributed by atoms with E-state index >= 15 is 0 Å². The van der Waals surface area contributed by atoms with Crippen molar-refractivity contribution in [2.45, 2.75) is 40.2 Å². The van der Waals surface area contributed by atoms with Crippen LogP contribution in [-0.4, -0.2) is 21.4 Å². The smallest absolute Gasteiger partial charge is 0.266 e. The number of thiophene rings is 1. The highest BCUT2D eigenvalue weighted by Gasteiger charge is 2.21. The lowest BCUT2D eigenvalue weighted by molar-refractivity contribution is -0.116. The van der Waals surface area contributed by atoms with Gasteiger partial charge in [-0.05, 0) is 48.6 Å². The van der Waals surface area contributed by atoms with E-state index in [1.54, 1.807) is 6.92 Å². The summed E-state index contributed by atoms with van der Waals surface area (Å²) in [4.78, 5) is 44.1. The Bertz CT molecular complexity index is 1450. The zero-order chi connectivity index (χ0) is 24.4. The van der Waals surface area contributed by atoms with Crippen LogP contribution in [0.4, 0.5) is 11.4 Å². The number of para-hydroxylation sites is 2. The van der Waals surface area contributed by atoms with Crippen molar-refractivity contribution in [3.63, 3.8) is 0 Å². The van der Waals surface area contributed by atoms with Gasteiger partial charge in [0.2, 0.25) is 5.91 Å². The van der Waals surface area contributed by atoms with Crippen LogP contribution in [0.2, 0.25) is 0 Å². The van der Waals surface area contributed by atoms with Crippen LogP contribution in [-0.2, 0) is 11.3 Å². The molecule has 4 aromatic rings. The molecule has 2 heterocycles. The normalized spacial score (nSPS) is 11.1. The highest BCUT2D eigenvalue weighted by molar-refractivity contribution is 7.20. The molecule has 0 atom stereocenters. The van der Waals surface area contributed by atoms with Crippen molar-refractivity contribution >= 4 is 44.7 Å². The molecule has 0 bridgehead atoms. The van der Waals surface area contributed by atoms with Gasteiger partial charge in [-0.25, -0.2) is 4.98 Å². The second-order valence-electron chi connectivity index (χ2n) is 8.47. The van der Waals surface area contributed by atoms with E-state index in [0.717, 1.165) is 16.8 Å². The number of nitrogens with zero attached hydrogens (tertiary/aromatic N) is 2. The predicted molar refractivity (Wildman–Crippen MR) is 137 cm³/mol. The highest BCUT2D eigenvalue weighted by atomic mass is 32.1. The van der Waals surface area contributed by atoms with E-state index in [4.69, 9.17) is 0 Å². The molecular formula is C26H26N4O3S. The Morgan fingerprint density at radius 3 is 2.38 bits per heavy atom. The second-order valence-corrected chi connectivity index (χ2v) is 9.47. The van der Waals surface area contributed by atoms with E-state index in [0.29, 0.717) is 26.3 Å². The molecule has 2 N–H and O–H groups in total. The van der Waals surface area contributed by atoms with Crippen LogP contribution in [0.15, 0.2) is 59.7 Å². The number of benzene rings is 2. The zero-order valence-electron chi connectivity index (χ0n) is 19.5. The van der Waals surface area contributed by atoms with Gasteiger partial charge in [0.05, 0.1) is 16.6 Å². The fourth-order valence-electron chi connectivity index (χ4n) is 3.84. The topological polar surface area (TPSA) is 93.1 Å². The van der Waals surface area contributed by atoms with Crippen molar-refractivity contribution in [2.24, 2.45) is 0 Å². The third kappa shape index (κ3) is 4.63. The molecule has 0 saturated carbocycles. The number of nitrogens with one attached hydrogen (secondary N) is 2. The van der Waals surface area contributed by atoms with Gasteiger partial charge in [0.15, 0.2) is 0 Å². The number of aromatic nitrogens is 2. The van der Waals surface area contributed by atoms with Crippen molar-refractivity contribution in [1.82, 2.24) is 9.55 Å². The predicted octanol–water partition coefficient (Wildman–Crippen LogP) is 5.09. The summed E-state index contributed by atoms with van der Waals surface area (Å²) in [7, 11) is 0. The summed E-state index contributed by atoms with van der Waals surface area (Å²) in [5.74, 6) is -0.361. The third-order valence-corrected chi connectivity index (χ3v) is 6.89. The van der Waals surface area contributed by atoms with Gasteiger partial charge in [0.25, 0.3) is 11.5 Å². The first-order valence-corrected chi connectivity index (χ1v) is 11.8. The van der Waals surface area contributed by atoms with Crippen LogP contribution in [0, 0.1) is 13.8 Å². The second kappa shape index (κ2) is 9.61. The number of anilines is 2. The van der Waals surface area contributed by atoms with Crippen molar-refractivity contribution < 1.29 is 9.59 Å². The van der Waals surface area contributed by atoms with Crippen molar-refractivity contribution in [2.75, 3.05) is 10.6 Å². The fraction of sp³-hybridized carbons (Fsp3) is 0.231. The van der Waals surface area contributed by atoms with Gasteiger partial charge in [-0.3, -0.25) is 19.0 Å². The molecule has 0 aliphatic rings. The number of fused-ring (bicyclic) bond motifs is 1. The molecule has 0 aliphatic carbocycles. The van der Waals surface area contributed by atoms with Crippen LogP contribution in [0.5, 0.6) is 0 Å². The Hall–Kier alpha value is -3.78. The van der Waals surface area contributed by atoms with E-state index in [9.17, 15) is 14.4 Å². The molecule has 8 heteroatoms. The van der Waals surface area contributed by atoms with E-state index < -0.39 is 0 Å². The third-order valence-electron chi connectivity index (χ3n) is 5.69. The Balaban J connectivity index is 1.59. The van der Waals surface area contributed by atoms with Crippen molar-refractivity contribution in [3.8, 4) is 0 Å². The molecule has 4 rings (SSSR count). The summed E-state index contributed by atoms with van der Waals surface area (Å²) in [5, 5.41) is 6.16. The highest BCUT2D eigenvalue weighted by Crippen LogP contribution is 2.28. The number of amides is 2. The Morgan fingerprint density at radius 1 is 1.00 bits per heavy atom. The number of carbonyl (C=O) groups is 2. The SMILES string of the molecule is Cc1ccccc1NC(=O)c1sc2ncn(CC(=O)Nc3ccccc3C(C)C)c(=O)c2c1C. The van der Waals surface area contributed by atoms with Gasteiger partial charge >= 0.3 is 0 Å². The van der Waals surface area contributed by atoms with Gasteiger partial charge in [-0.1, -0.05) is 50.2 Å².